The Morgan fingerprint density at radius 1 is 1.16 bits per heavy atom. The fraction of sp³-hybridized carbons (Fsp3) is 0.409. The van der Waals surface area contributed by atoms with Crippen molar-refractivity contribution in [2.45, 2.75) is 30.8 Å². The summed E-state index contributed by atoms with van der Waals surface area (Å²) in [5.41, 5.74) is 0.562. The number of likely N-dealkylation sites (tertiary alicyclic amines) is 1. The van der Waals surface area contributed by atoms with Gasteiger partial charge in [0.05, 0.1) is 14.9 Å². The molecule has 7 nitrogen and oxygen atoms in total. The number of rotatable bonds is 8. The van der Waals surface area contributed by atoms with E-state index in [4.69, 9.17) is 27.9 Å². The summed E-state index contributed by atoms with van der Waals surface area (Å²) in [6, 6.07) is 11.7. The highest BCUT2D eigenvalue weighted by Crippen LogP contribution is 2.28. The van der Waals surface area contributed by atoms with E-state index in [2.05, 4.69) is 9.62 Å². The van der Waals surface area contributed by atoms with Crippen molar-refractivity contribution in [3.63, 3.8) is 0 Å². The lowest BCUT2D eigenvalue weighted by Crippen LogP contribution is -2.43. The maximum atomic E-state index is 12.3. The molecule has 1 fully saturated rings. The van der Waals surface area contributed by atoms with Gasteiger partial charge >= 0.3 is 0 Å². The van der Waals surface area contributed by atoms with Crippen LogP contribution in [0.3, 0.4) is 0 Å². The summed E-state index contributed by atoms with van der Waals surface area (Å²) in [6.45, 7) is 4.31. The fourth-order valence-electron chi connectivity index (χ4n) is 3.64. The summed E-state index contributed by atoms with van der Waals surface area (Å²) in [4.78, 5) is 16.3. The Morgan fingerprint density at radius 3 is 2.50 bits per heavy atom. The molecule has 2 aromatic rings. The van der Waals surface area contributed by atoms with Crippen LogP contribution in [0.2, 0.25) is 10.0 Å². The SMILES string of the molecule is CNS(=O)(=O)c1cccc(N(CCN2CCC(Oc3ccc(Cl)c(Cl)c3)CC2)C(C)=O)c1. The van der Waals surface area contributed by atoms with E-state index >= 15 is 0 Å². The normalized spacial score (nSPS) is 15.5. The first-order valence-corrected chi connectivity index (χ1v) is 12.6. The largest absolute Gasteiger partial charge is 0.490 e. The number of amides is 1. The summed E-state index contributed by atoms with van der Waals surface area (Å²) in [6.07, 6.45) is 1.81. The van der Waals surface area contributed by atoms with Gasteiger partial charge in [0.1, 0.15) is 11.9 Å². The average Bonchev–Trinajstić information content (AvgIpc) is 2.77. The molecular weight excluding hydrogens is 473 g/mol. The standard InChI is InChI=1S/C22H27Cl2N3O4S/c1-16(28)27(17-4-3-5-20(14-17)32(29,30)25-2)13-12-26-10-8-18(9-11-26)31-19-6-7-21(23)22(24)15-19/h3-7,14-15,18,25H,8-13H2,1-2H3. The molecule has 0 bridgehead atoms. The highest BCUT2D eigenvalue weighted by Gasteiger charge is 2.22. The van der Waals surface area contributed by atoms with Crippen LogP contribution in [-0.4, -0.2) is 58.6 Å². The highest BCUT2D eigenvalue weighted by molar-refractivity contribution is 7.89. The first-order chi connectivity index (χ1) is 15.2. The number of hydrogen-bond acceptors (Lipinski definition) is 5. The monoisotopic (exact) mass is 499 g/mol. The van der Waals surface area contributed by atoms with Crippen molar-refractivity contribution in [2.75, 3.05) is 38.1 Å². The van der Waals surface area contributed by atoms with Crippen LogP contribution in [-0.2, 0) is 14.8 Å². The minimum absolute atomic E-state index is 0.0934. The van der Waals surface area contributed by atoms with Gasteiger partial charge in [0, 0.05) is 44.9 Å². The maximum Gasteiger partial charge on any atom is 0.240 e. The van der Waals surface area contributed by atoms with Gasteiger partial charge in [0.2, 0.25) is 15.9 Å². The lowest BCUT2D eigenvalue weighted by Gasteiger charge is -2.33. The molecule has 0 aromatic heterocycles. The second kappa shape index (κ2) is 10.9. The Labute approximate surface area is 199 Å². The van der Waals surface area contributed by atoms with Crippen molar-refractivity contribution in [3.8, 4) is 5.75 Å². The molecular formula is C22H27Cl2N3O4S. The number of hydrogen-bond donors (Lipinski definition) is 1. The van der Waals surface area contributed by atoms with Crippen molar-refractivity contribution < 1.29 is 17.9 Å². The summed E-state index contributed by atoms with van der Waals surface area (Å²) >= 11 is 12.0. The third-order valence-electron chi connectivity index (χ3n) is 5.46. The Morgan fingerprint density at radius 2 is 1.88 bits per heavy atom. The van der Waals surface area contributed by atoms with Gasteiger partial charge in [-0.05, 0) is 50.2 Å². The molecule has 1 heterocycles. The molecule has 0 unspecified atom stereocenters. The van der Waals surface area contributed by atoms with Crippen LogP contribution in [0.5, 0.6) is 5.75 Å². The highest BCUT2D eigenvalue weighted by atomic mass is 35.5. The van der Waals surface area contributed by atoms with Gasteiger partial charge in [-0.1, -0.05) is 29.3 Å². The van der Waals surface area contributed by atoms with Crippen LogP contribution in [0.1, 0.15) is 19.8 Å². The average molecular weight is 500 g/mol. The summed E-state index contributed by atoms with van der Waals surface area (Å²) in [7, 11) is -2.22. The molecule has 10 heteroatoms. The van der Waals surface area contributed by atoms with E-state index in [9.17, 15) is 13.2 Å². The molecule has 1 saturated heterocycles. The number of benzene rings is 2. The zero-order valence-electron chi connectivity index (χ0n) is 18.1. The van der Waals surface area contributed by atoms with Gasteiger partial charge in [0.25, 0.3) is 0 Å². The van der Waals surface area contributed by atoms with Crippen LogP contribution < -0.4 is 14.4 Å². The van der Waals surface area contributed by atoms with E-state index in [1.165, 1.54) is 26.1 Å². The zero-order valence-corrected chi connectivity index (χ0v) is 20.4. The van der Waals surface area contributed by atoms with Crippen LogP contribution in [0, 0.1) is 0 Å². The number of piperidine rings is 1. The van der Waals surface area contributed by atoms with Crippen molar-refractivity contribution in [3.05, 3.63) is 52.5 Å². The first-order valence-electron chi connectivity index (χ1n) is 10.4. The number of anilines is 1. The van der Waals surface area contributed by atoms with Crippen molar-refractivity contribution >= 4 is 44.8 Å². The molecule has 2 aromatic carbocycles. The second-order valence-corrected chi connectivity index (χ2v) is 10.3. The van der Waals surface area contributed by atoms with Crippen molar-refractivity contribution in [1.29, 1.82) is 0 Å². The quantitative estimate of drug-likeness (QED) is 0.597. The minimum Gasteiger partial charge on any atom is -0.490 e. The van der Waals surface area contributed by atoms with E-state index in [-0.39, 0.29) is 16.9 Å². The third-order valence-corrected chi connectivity index (χ3v) is 7.61. The second-order valence-electron chi connectivity index (χ2n) is 7.61. The van der Waals surface area contributed by atoms with Crippen LogP contribution in [0.15, 0.2) is 47.4 Å². The molecule has 0 spiro atoms. The number of nitrogens with one attached hydrogen (secondary N) is 1. The smallest absolute Gasteiger partial charge is 0.240 e. The minimum atomic E-state index is -3.58. The molecule has 1 N–H and O–H groups in total. The lowest BCUT2D eigenvalue weighted by atomic mass is 10.1. The van der Waals surface area contributed by atoms with E-state index in [1.807, 2.05) is 6.07 Å². The molecule has 1 amide bonds. The number of halogens is 2. The Hall–Kier alpha value is -1.84. The first kappa shape index (κ1) is 24.8. The maximum absolute atomic E-state index is 12.3. The molecule has 0 aliphatic carbocycles. The van der Waals surface area contributed by atoms with Gasteiger partial charge in [0.15, 0.2) is 0 Å². The number of ether oxygens (including phenoxy) is 1. The predicted molar refractivity (Wildman–Crippen MR) is 127 cm³/mol. The van der Waals surface area contributed by atoms with Crippen molar-refractivity contribution in [1.82, 2.24) is 9.62 Å². The van der Waals surface area contributed by atoms with Crippen LogP contribution >= 0.6 is 23.2 Å². The Balaban J connectivity index is 1.56. The zero-order chi connectivity index (χ0) is 23.3. The van der Waals surface area contributed by atoms with Gasteiger partial charge < -0.3 is 14.5 Å². The Bertz CT molecular complexity index is 1060. The number of carbonyl (C=O) groups is 1. The lowest BCUT2D eigenvalue weighted by molar-refractivity contribution is -0.116. The number of sulfonamides is 1. The van der Waals surface area contributed by atoms with E-state index in [0.717, 1.165) is 25.9 Å². The molecule has 3 rings (SSSR count). The summed E-state index contributed by atoms with van der Waals surface area (Å²) < 4.78 is 32.5. The van der Waals surface area contributed by atoms with Gasteiger partial charge in [-0.25, -0.2) is 13.1 Å². The molecule has 1 aliphatic heterocycles. The van der Waals surface area contributed by atoms with E-state index in [0.29, 0.717) is 34.6 Å². The van der Waals surface area contributed by atoms with Crippen LogP contribution in [0.25, 0.3) is 0 Å². The number of carbonyl (C=O) groups excluding carboxylic acids is 1. The van der Waals surface area contributed by atoms with E-state index in [1.54, 1.807) is 29.2 Å². The topological polar surface area (TPSA) is 79.0 Å². The van der Waals surface area contributed by atoms with Gasteiger partial charge in [-0.2, -0.15) is 0 Å². The fourth-order valence-corrected chi connectivity index (χ4v) is 4.70. The van der Waals surface area contributed by atoms with E-state index < -0.39 is 10.0 Å². The molecule has 0 radical (unpaired) electrons. The summed E-state index contributed by atoms with van der Waals surface area (Å²) in [5, 5.41) is 0.968. The van der Waals surface area contributed by atoms with Crippen LogP contribution in [0.4, 0.5) is 5.69 Å². The van der Waals surface area contributed by atoms with Crippen molar-refractivity contribution in [2.24, 2.45) is 0 Å². The predicted octanol–water partition coefficient (Wildman–Crippen LogP) is 3.80. The molecule has 174 valence electrons. The molecule has 32 heavy (non-hydrogen) atoms. The molecule has 1 aliphatic rings. The van der Waals surface area contributed by atoms with Gasteiger partial charge in [-0.15, -0.1) is 0 Å². The molecule has 0 saturated carbocycles. The summed E-state index contributed by atoms with van der Waals surface area (Å²) in [5.74, 6) is 0.568. The third kappa shape index (κ3) is 6.36. The number of nitrogens with zero attached hydrogens (tertiary/aromatic N) is 2. The molecule has 0 atom stereocenters. The Kier molecular flexibility index (Phi) is 8.41. The van der Waals surface area contributed by atoms with Gasteiger partial charge in [-0.3, -0.25) is 4.79 Å².